The second-order valence-electron chi connectivity index (χ2n) is 7.77. The summed E-state index contributed by atoms with van der Waals surface area (Å²) in [5.41, 5.74) is 0. The summed E-state index contributed by atoms with van der Waals surface area (Å²) in [6.07, 6.45) is 2.61. The molecule has 0 radical (unpaired) electrons. The van der Waals surface area contributed by atoms with Crippen molar-refractivity contribution in [3.05, 3.63) is 10.0 Å². The minimum atomic E-state index is -1.74. The van der Waals surface area contributed by atoms with Crippen LogP contribution in [0.1, 0.15) is 69.5 Å². The van der Waals surface area contributed by atoms with Crippen LogP contribution >= 0.6 is 11.3 Å². The first-order chi connectivity index (χ1) is 9.10. The highest BCUT2D eigenvalue weighted by Crippen LogP contribution is 2.44. The predicted molar refractivity (Wildman–Crippen MR) is 87.7 cm³/mol. The van der Waals surface area contributed by atoms with E-state index in [9.17, 15) is 0 Å². The lowest BCUT2D eigenvalue weighted by Crippen LogP contribution is -2.41. The van der Waals surface area contributed by atoms with Crippen LogP contribution in [0.2, 0.25) is 18.1 Å². The molecule has 0 amide bonds. The molecule has 0 N–H and O–H groups in total. The van der Waals surface area contributed by atoms with E-state index in [1.54, 1.807) is 11.3 Å². The lowest BCUT2D eigenvalue weighted by molar-refractivity contribution is 0.201. The smallest absolute Gasteiger partial charge is 0.193 e. The molecule has 1 fully saturated rings. The summed E-state index contributed by atoms with van der Waals surface area (Å²) in [6.45, 7) is 15.8. The van der Waals surface area contributed by atoms with Gasteiger partial charge in [-0.3, -0.25) is 0 Å². The molecule has 0 aromatic carbocycles. The van der Waals surface area contributed by atoms with Gasteiger partial charge in [-0.1, -0.05) is 39.0 Å². The second kappa shape index (κ2) is 5.50. The Bertz CT molecular complexity index is 461. The summed E-state index contributed by atoms with van der Waals surface area (Å²) in [6, 6.07) is 0. The normalized spacial score (nSPS) is 25.4. The lowest BCUT2D eigenvalue weighted by atomic mass is 9.77. The molecule has 114 valence electrons. The van der Waals surface area contributed by atoms with Crippen LogP contribution in [0.3, 0.4) is 0 Å². The van der Waals surface area contributed by atoms with Crippen molar-refractivity contribution in [1.29, 1.82) is 0 Å². The van der Waals surface area contributed by atoms with E-state index in [1.165, 1.54) is 17.8 Å². The molecule has 1 aromatic heterocycles. The maximum atomic E-state index is 6.40. The van der Waals surface area contributed by atoms with Gasteiger partial charge in [-0.05, 0) is 43.8 Å². The zero-order chi connectivity index (χ0) is 15.1. The van der Waals surface area contributed by atoms with Gasteiger partial charge in [0.1, 0.15) is 10.0 Å². The van der Waals surface area contributed by atoms with Crippen LogP contribution in [0.25, 0.3) is 0 Å². The van der Waals surface area contributed by atoms with E-state index in [1.807, 2.05) is 0 Å². The quantitative estimate of drug-likeness (QED) is 0.722. The van der Waals surface area contributed by atoms with E-state index in [0.29, 0.717) is 5.92 Å². The van der Waals surface area contributed by atoms with Gasteiger partial charge < -0.3 is 4.43 Å². The van der Waals surface area contributed by atoms with Crippen molar-refractivity contribution in [2.24, 2.45) is 5.92 Å². The van der Waals surface area contributed by atoms with E-state index in [4.69, 9.17) is 4.43 Å². The van der Waals surface area contributed by atoms with Gasteiger partial charge >= 0.3 is 0 Å². The molecule has 0 bridgehead atoms. The van der Waals surface area contributed by atoms with Crippen molar-refractivity contribution in [3.63, 3.8) is 0 Å². The molecule has 0 unspecified atom stereocenters. The standard InChI is InChI=1S/C15H28N2OSSi/c1-10-8-12(9-10)14-17-16-13(19-14)11(2)18-20(6,7)15(3,4)5/h10-12H,8-9H2,1-7H3/t10-,11-,12-/m1/s1. The minimum absolute atomic E-state index is 0.0691. The van der Waals surface area contributed by atoms with Crippen molar-refractivity contribution in [3.8, 4) is 0 Å². The molecular formula is C15H28N2OSSi. The molecule has 1 heterocycles. The number of hydrogen-bond donors (Lipinski definition) is 0. The Balaban J connectivity index is 2.01. The minimum Gasteiger partial charge on any atom is -0.408 e. The number of hydrogen-bond acceptors (Lipinski definition) is 4. The predicted octanol–water partition coefficient (Wildman–Crippen LogP) is 5.13. The Labute approximate surface area is 128 Å². The summed E-state index contributed by atoms with van der Waals surface area (Å²) >= 11 is 1.75. The van der Waals surface area contributed by atoms with Crippen LogP contribution in [-0.2, 0) is 4.43 Å². The average molecular weight is 313 g/mol. The highest BCUT2D eigenvalue weighted by molar-refractivity contribution is 7.11. The van der Waals surface area contributed by atoms with Crippen LogP contribution in [0.5, 0.6) is 0 Å². The van der Waals surface area contributed by atoms with Gasteiger partial charge in [0, 0.05) is 5.92 Å². The van der Waals surface area contributed by atoms with E-state index < -0.39 is 8.32 Å². The summed E-state index contributed by atoms with van der Waals surface area (Å²) in [5, 5.41) is 11.3. The summed E-state index contributed by atoms with van der Waals surface area (Å²) < 4.78 is 6.40. The van der Waals surface area contributed by atoms with Crippen LogP contribution in [0, 0.1) is 5.92 Å². The van der Waals surface area contributed by atoms with Crippen molar-refractivity contribution in [2.75, 3.05) is 0 Å². The van der Waals surface area contributed by atoms with Gasteiger partial charge in [-0.2, -0.15) is 0 Å². The number of rotatable bonds is 4. The molecule has 0 saturated heterocycles. The fourth-order valence-electron chi connectivity index (χ4n) is 2.35. The fourth-order valence-corrected chi connectivity index (χ4v) is 4.73. The molecule has 3 nitrogen and oxygen atoms in total. The Morgan fingerprint density at radius 3 is 2.35 bits per heavy atom. The molecule has 1 atom stereocenters. The van der Waals surface area contributed by atoms with E-state index in [-0.39, 0.29) is 11.1 Å². The molecule has 1 saturated carbocycles. The third-order valence-electron chi connectivity index (χ3n) is 4.80. The van der Waals surface area contributed by atoms with Crippen molar-refractivity contribution in [1.82, 2.24) is 10.2 Å². The van der Waals surface area contributed by atoms with Crippen LogP contribution < -0.4 is 0 Å². The SMILES string of the molecule is C[C@@H](O[Si](C)(C)C(C)(C)C)c1nnc([C@H]2C[C@H](C)C2)s1. The maximum absolute atomic E-state index is 6.40. The fraction of sp³-hybridized carbons (Fsp3) is 0.867. The molecule has 20 heavy (non-hydrogen) atoms. The van der Waals surface area contributed by atoms with Gasteiger partial charge in [0.05, 0.1) is 6.10 Å². The maximum Gasteiger partial charge on any atom is 0.193 e. The Morgan fingerprint density at radius 2 is 1.85 bits per heavy atom. The summed E-state index contributed by atoms with van der Waals surface area (Å²) in [7, 11) is -1.74. The first-order valence-corrected chi connectivity index (χ1v) is 11.3. The van der Waals surface area contributed by atoms with Crippen LogP contribution in [0.15, 0.2) is 0 Å². The summed E-state index contributed by atoms with van der Waals surface area (Å²) in [4.78, 5) is 0. The molecule has 0 spiro atoms. The Morgan fingerprint density at radius 1 is 1.25 bits per heavy atom. The molecule has 1 aromatic rings. The van der Waals surface area contributed by atoms with Crippen molar-refractivity contribution in [2.45, 2.75) is 77.6 Å². The van der Waals surface area contributed by atoms with Gasteiger partial charge in [0.2, 0.25) is 0 Å². The average Bonchev–Trinajstić information content (AvgIpc) is 2.71. The van der Waals surface area contributed by atoms with E-state index in [0.717, 1.165) is 10.9 Å². The summed E-state index contributed by atoms with van der Waals surface area (Å²) in [5.74, 6) is 1.50. The van der Waals surface area contributed by atoms with Gasteiger partial charge in [-0.25, -0.2) is 0 Å². The molecule has 1 aliphatic rings. The Kier molecular flexibility index (Phi) is 4.43. The number of nitrogens with zero attached hydrogens (tertiary/aromatic N) is 2. The van der Waals surface area contributed by atoms with Crippen LogP contribution in [0.4, 0.5) is 0 Å². The molecule has 2 rings (SSSR count). The molecular weight excluding hydrogens is 284 g/mol. The highest BCUT2D eigenvalue weighted by Gasteiger charge is 2.39. The van der Waals surface area contributed by atoms with Crippen molar-refractivity contribution >= 4 is 19.7 Å². The van der Waals surface area contributed by atoms with Gasteiger partial charge in [-0.15, -0.1) is 10.2 Å². The van der Waals surface area contributed by atoms with Gasteiger partial charge in [0.25, 0.3) is 0 Å². The number of aromatic nitrogens is 2. The van der Waals surface area contributed by atoms with E-state index in [2.05, 4.69) is 57.9 Å². The molecule has 1 aliphatic carbocycles. The third kappa shape index (κ3) is 3.31. The third-order valence-corrected chi connectivity index (χ3v) is 10.6. The zero-order valence-electron chi connectivity index (χ0n) is 13.9. The van der Waals surface area contributed by atoms with E-state index >= 15 is 0 Å². The lowest BCUT2D eigenvalue weighted by Gasteiger charge is -2.37. The monoisotopic (exact) mass is 312 g/mol. The highest BCUT2D eigenvalue weighted by atomic mass is 32.1. The van der Waals surface area contributed by atoms with Gasteiger partial charge in [0.15, 0.2) is 8.32 Å². The first-order valence-electron chi connectivity index (χ1n) is 7.61. The largest absolute Gasteiger partial charge is 0.408 e. The second-order valence-corrected chi connectivity index (χ2v) is 13.6. The Hall–Kier alpha value is -0.263. The molecule has 5 heteroatoms. The first kappa shape index (κ1) is 16.1. The topological polar surface area (TPSA) is 35.0 Å². The van der Waals surface area contributed by atoms with Crippen LogP contribution in [-0.4, -0.2) is 18.5 Å². The van der Waals surface area contributed by atoms with Crippen molar-refractivity contribution < 1.29 is 4.43 Å². The molecule has 0 aliphatic heterocycles. The zero-order valence-corrected chi connectivity index (χ0v) is 15.7.